The molecule has 5 heteroatoms. The van der Waals surface area contributed by atoms with Crippen molar-refractivity contribution in [1.29, 1.82) is 0 Å². The summed E-state index contributed by atoms with van der Waals surface area (Å²) in [6.07, 6.45) is 5.36. The van der Waals surface area contributed by atoms with Crippen LogP contribution in [0, 0.1) is 24.0 Å². The van der Waals surface area contributed by atoms with Gasteiger partial charge in [0.1, 0.15) is 29.0 Å². The van der Waals surface area contributed by atoms with Crippen LogP contribution in [-0.2, 0) is 12.0 Å². The van der Waals surface area contributed by atoms with Gasteiger partial charge >= 0.3 is 0 Å². The number of hydrogen-bond donors (Lipinski definition) is 1. The molecule has 0 saturated carbocycles. The Morgan fingerprint density at radius 3 is 2.57 bits per heavy atom. The summed E-state index contributed by atoms with van der Waals surface area (Å²) >= 11 is 0. The van der Waals surface area contributed by atoms with Crippen molar-refractivity contribution in [3.05, 3.63) is 35.7 Å². The predicted molar refractivity (Wildman–Crippen MR) is 79.5 cm³/mol. The highest BCUT2D eigenvalue weighted by molar-refractivity contribution is 5.72. The molecule has 0 atom stereocenters. The van der Waals surface area contributed by atoms with E-state index in [-0.39, 0.29) is 29.0 Å². The van der Waals surface area contributed by atoms with E-state index in [0.717, 1.165) is 18.2 Å². The van der Waals surface area contributed by atoms with Gasteiger partial charge in [0.15, 0.2) is 0 Å². The van der Waals surface area contributed by atoms with Crippen LogP contribution in [0.2, 0.25) is 0 Å². The molecule has 0 aliphatic rings. The van der Waals surface area contributed by atoms with E-state index in [4.69, 9.17) is 12.2 Å². The van der Waals surface area contributed by atoms with Crippen molar-refractivity contribution in [2.75, 3.05) is 5.73 Å². The number of nitrogens with two attached hydrogens (primary N) is 1. The van der Waals surface area contributed by atoms with Gasteiger partial charge in [0.05, 0.1) is 6.54 Å². The van der Waals surface area contributed by atoms with Crippen LogP contribution in [0.4, 0.5) is 14.6 Å². The van der Waals surface area contributed by atoms with Gasteiger partial charge in [0, 0.05) is 11.0 Å². The largest absolute Gasteiger partial charge is 0.383 e. The van der Waals surface area contributed by atoms with Crippen molar-refractivity contribution in [2.45, 2.75) is 32.7 Å². The van der Waals surface area contributed by atoms with Crippen LogP contribution in [0.15, 0.2) is 18.2 Å². The van der Waals surface area contributed by atoms with E-state index in [0.29, 0.717) is 5.82 Å². The molecular formula is C16H17F2N3. The minimum atomic E-state index is -0.575. The van der Waals surface area contributed by atoms with E-state index in [2.05, 4.69) is 10.9 Å². The second kappa shape index (κ2) is 5.21. The van der Waals surface area contributed by atoms with Crippen molar-refractivity contribution in [2.24, 2.45) is 0 Å². The van der Waals surface area contributed by atoms with Gasteiger partial charge in [0.25, 0.3) is 0 Å². The van der Waals surface area contributed by atoms with Crippen molar-refractivity contribution < 1.29 is 8.78 Å². The lowest BCUT2D eigenvalue weighted by Gasteiger charge is -2.18. The predicted octanol–water partition coefficient (Wildman–Crippen LogP) is 3.34. The molecule has 2 N–H and O–H groups in total. The molecule has 110 valence electrons. The second-order valence-electron chi connectivity index (χ2n) is 5.83. The van der Waals surface area contributed by atoms with Crippen LogP contribution in [0.25, 0.3) is 11.3 Å². The number of hydrogen-bond acceptors (Lipinski definition) is 2. The molecule has 0 unspecified atom stereocenters. The van der Waals surface area contributed by atoms with E-state index in [1.807, 2.05) is 20.8 Å². The SMILES string of the molecule is C#CCn1c(C(C)(C)C)nc(-c2cc(F)ccc2F)c1N. The summed E-state index contributed by atoms with van der Waals surface area (Å²) in [5.74, 6) is 2.26. The van der Waals surface area contributed by atoms with E-state index in [1.54, 1.807) is 4.57 Å². The molecule has 1 heterocycles. The first-order valence-electron chi connectivity index (χ1n) is 6.51. The highest BCUT2D eigenvalue weighted by atomic mass is 19.1. The third-order valence-electron chi connectivity index (χ3n) is 3.11. The highest BCUT2D eigenvalue weighted by Gasteiger charge is 2.26. The number of nitrogens with zero attached hydrogens (tertiary/aromatic N) is 2. The molecule has 21 heavy (non-hydrogen) atoms. The Balaban J connectivity index is 2.71. The summed E-state index contributed by atoms with van der Waals surface area (Å²) in [6, 6.07) is 3.19. The quantitative estimate of drug-likeness (QED) is 0.862. The Labute approximate surface area is 122 Å². The van der Waals surface area contributed by atoms with Gasteiger partial charge in [-0.2, -0.15) is 0 Å². The third-order valence-corrected chi connectivity index (χ3v) is 3.11. The fraction of sp³-hybridized carbons (Fsp3) is 0.312. The summed E-state index contributed by atoms with van der Waals surface area (Å²) < 4.78 is 29.0. The first kappa shape index (κ1) is 15.0. The van der Waals surface area contributed by atoms with Crippen LogP contribution >= 0.6 is 0 Å². The zero-order valence-electron chi connectivity index (χ0n) is 12.2. The molecular weight excluding hydrogens is 272 g/mol. The maximum Gasteiger partial charge on any atom is 0.132 e. The van der Waals surface area contributed by atoms with Crippen LogP contribution in [0.1, 0.15) is 26.6 Å². The number of halogens is 2. The fourth-order valence-electron chi connectivity index (χ4n) is 2.17. The van der Waals surface area contributed by atoms with Gasteiger partial charge in [-0.1, -0.05) is 26.7 Å². The molecule has 2 rings (SSSR count). The smallest absolute Gasteiger partial charge is 0.132 e. The van der Waals surface area contributed by atoms with Crippen molar-refractivity contribution in [3.8, 4) is 23.6 Å². The molecule has 0 amide bonds. The summed E-state index contributed by atoms with van der Waals surface area (Å²) in [6.45, 7) is 6.08. The second-order valence-corrected chi connectivity index (χ2v) is 5.83. The van der Waals surface area contributed by atoms with Crippen molar-refractivity contribution >= 4 is 5.82 Å². The van der Waals surface area contributed by atoms with E-state index < -0.39 is 11.6 Å². The number of nitrogen functional groups attached to an aromatic ring is 1. The average Bonchev–Trinajstić information content (AvgIpc) is 2.71. The molecule has 0 spiro atoms. The maximum atomic E-state index is 13.9. The lowest BCUT2D eigenvalue weighted by atomic mass is 9.95. The topological polar surface area (TPSA) is 43.8 Å². The minimum Gasteiger partial charge on any atom is -0.383 e. The summed E-state index contributed by atoms with van der Waals surface area (Å²) in [5.41, 5.74) is 5.98. The monoisotopic (exact) mass is 289 g/mol. The van der Waals surface area contributed by atoms with Crippen LogP contribution < -0.4 is 5.73 Å². The van der Waals surface area contributed by atoms with Gasteiger partial charge in [0.2, 0.25) is 0 Å². The standard InChI is InChI=1S/C16H17F2N3/c1-5-8-21-14(19)13(20-15(21)16(2,3)4)11-9-10(17)6-7-12(11)18/h1,6-7,9H,8,19H2,2-4H3. The fourth-order valence-corrected chi connectivity index (χ4v) is 2.17. The number of rotatable bonds is 2. The molecule has 3 nitrogen and oxygen atoms in total. The average molecular weight is 289 g/mol. The molecule has 0 fully saturated rings. The number of terminal acetylenes is 1. The first-order chi connectivity index (χ1) is 9.75. The van der Waals surface area contributed by atoms with Gasteiger partial charge in [-0.05, 0) is 18.2 Å². The third kappa shape index (κ3) is 2.75. The zero-order valence-corrected chi connectivity index (χ0v) is 12.2. The van der Waals surface area contributed by atoms with Gasteiger partial charge in [-0.25, -0.2) is 13.8 Å². The maximum absolute atomic E-state index is 13.9. The van der Waals surface area contributed by atoms with E-state index in [1.165, 1.54) is 0 Å². The van der Waals surface area contributed by atoms with Crippen LogP contribution in [-0.4, -0.2) is 9.55 Å². The zero-order chi connectivity index (χ0) is 15.8. The lowest BCUT2D eigenvalue weighted by Crippen LogP contribution is -2.19. The Kier molecular flexibility index (Phi) is 3.73. The molecule has 2 aromatic rings. The lowest BCUT2D eigenvalue weighted by molar-refractivity contribution is 0.517. The van der Waals surface area contributed by atoms with Gasteiger partial charge in [-0.3, -0.25) is 0 Å². The van der Waals surface area contributed by atoms with Gasteiger partial charge in [-0.15, -0.1) is 6.42 Å². The molecule has 0 radical (unpaired) electrons. The minimum absolute atomic E-state index is 0.0359. The Bertz CT molecular complexity index is 718. The molecule has 0 aliphatic heterocycles. The summed E-state index contributed by atoms with van der Waals surface area (Å²) in [5, 5.41) is 0. The number of benzene rings is 1. The Morgan fingerprint density at radius 2 is 2.00 bits per heavy atom. The molecule has 0 saturated heterocycles. The van der Waals surface area contributed by atoms with Crippen LogP contribution in [0.3, 0.4) is 0 Å². The van der Waals surface area contributed by atoms with E-state index >= 15 is 0 Å². The van der Waals surface area contributed by atoms with Crippen molar-refractivity contribution in [1.82, 2.24) is 9.55 Å². The number of aromatic nitrogens is 2. The normalized spacial score (nSPS) is 11.4. The number of anilines is 1. The molecule has 1 aromatic carbocycles. The Hall–Kier alpha value is -2.35. The van der Waals surface area contributed by atoms with E-state index in [9.17, 15) is 8.78 Å². The summed E-state index contributed by atoms with van der Waals surface area (Å²) in [4.78, 5) is 4.41. The van der Waals surface area contributed by atoms with Crippen molar-refractivity contribution in [3.63, 3.8) is 0 Å². The molecule has 0 bridgehead atoms. The summed E-state index contributed by atoms with van der Waals surface area (Å²) in [7, 11) is 0. The number of imidazole rings is 1. The van der Waals surface area contributed by atoms with Gasteiger partial charge < -0.3 is 10.3 Å². The molecule has 1 aromatic heterocycles. The first-order valence-corrected chi connectivity index (χ1v) is 6.51. The molecule has 0 aliphatic carbocycles. The Morgan fingerprint density at radius 1 is 1.33 bits per heavy atom. The van der Waals surface area contributed by atoms with Crippen LogP contribution in [0.5, 0.6) is 0 Å². The highest BCUT2D eigenvalue weighted by Crippen LogP contribution is 2.33.